The van der Waals surface area contributed by atoms with Gasteiger partial charge in [-0.05, 0) is 129 Å². The van der Waals surface area contributed by atoms with Crippen LogP contribution in [0.5, 0.6) is 0 Å². The van der Waals surface area contributed by atoms with Crippen LogP contribution in [0.3, 0.4) is 0 Å². The van der Waals surface area contributed by atoms with Crippen molar-refractivity contribution in [3.8, 4) is 33.5 Å². The Labute approximate surface area is 290 Å². The van der Waals surface area contributed by atoms with Crippen LogP contribution in [-0.2, 0) is 17.6 Å². The van der Waals surface area contributed by atoms with E-state index in [2.05, 4.69) is 58.5 Å². The van der Waals surface area contributed by atoms with Crippen LogP contribution in [0.2, 0.25) is 0 Å². The fourth-order valence-corrected chi connectivity index (χ4v) is 8.95. The second-order valence-electron chi connectivity index (χ2n) is 15.5. The minimum absolute atomic E-state index is 0.108. The molecule has 3 fully saturated rings. The maximum atomic E-state index is 12.9. The Morgan fingerprint density at radius 3 is 2.36 bits per heavy atom. The largest absolute Gasteiger partial charge is 0.465 e. The van der Waals surface area contributed by atoms with Crippen molar-refractivity contribution < 1.29 is 19.4 Å². The van der Waals surface area contributed by atoms with Gasteiger partial charge < -0.3 is 19.8 Å². The summed E-state index contributed by atoms with van der Waals surface area (Å²) in [6.45, 7) is 6.35. The summed E-state index contributed by atoms with van der Waals surface area (Å²) in [5.74, 6) is 1.90. The molecule has 2 amide bonds. The molecule has 4 heterocycles. The summed E-state index contributed by atoms with van der Waals surface area (Å²) in [5, 5.41) is 9.91. The average Bonchev–Trinajstić information content (AvgIpc) is 3.94. The van der Waals surface area contributed by atoms with E-state index < -0.39 is 11.7 Å². The number of likely N-dealkylation sites (tertiary alicyclic amines) is 2. The molecule has 2 bridgehead atoms. The van der Waals surface area contributed by atoms with E-state index in [1.165, 1.54) is 22.3 Å². The minimum Gasteiger partial charge on any atom is -0.465 e. The number of aromatic amines is 2. The molecular weight excluding hydrogens is 628 g/mol. The number of carbonyl (C=O) groups is 2. The Kier molecular flexibility index (Phi) is 7.09. The lowest BCUT2D eigenvalue weighted by Gasteiger charge is -2.31. The summed E-state index contributed by atoms with van der Waals surface area (Å²) in [5.41, 5.74) is 10.8. The van der Waals surface area contributed by atoms with Crippen molar-refractivity contribution in [2.75, 3.05) is 6.54 Å². The monoisotopic (exact) mass is 670 g/mol. The van der Waals surface area contributed by atoms with Crippen molar-refractivity contribution in [1.29, 1.82) is 0 Å². The molecule has 2 saturated heterocycles. The highest BCUT2D eigenvalue weighted by Gasteiger charge is 2.50. The first kappa shape index (κ1) is 30.9. The SMILES string of the molecule is CC(C)(C)OC(=O)N1CCC[C@H]1c1ncc(-c2ccc3c(c2)CCc2cc(-c4ccc5nc([C@@H]6C7CCC(C7)N6C(=O)O)[nH]c5c4)ccc2-3)[nH]1. The predicted octanol–water partition coefficient (Wildman–Crippen LogP) is 8.66. The Morgan fingerprint density at radius 1 is 0.880 bits per heavy atom. The number of nitrogens with zero attached hydrogens (tertiary/aromatic N) is 4. The summed E-state index contributed by atoms with van der Waals surface area (Å²) in [4.78, 5) is 45.0. The topological polar surface area (TPSA) is 127 Å². The first-order valence-electron chi connectivity index (χ1n) is 17.9. The maximum Gasteiger partial charge on any atom is 0.410 e. The van der Waals surface area contributed by atoms with Gasteiger partial charge in [-0.1, -0.05) is 36.4 Å². The lowest BCUT2D eigenvalue weighted by molar-refractivity contribution is 0.0218. The molecule has 3 aromatic carbocycles. The van der Waals surface area contributed by atoms with Gasteiger partial charge in [-0.25, -0.2) is 19.6 Å². The standard InChI is InChI=1S/C40H42N6O4/c1-40(2,3)50-39(49)45-16-4-5-34(45)36-41-21-33(44-36)26-10-14-30-25(18-26)7-6-24-17-22(9-13-29(24)30)23-11-15-31-32(20-23)43-37(42-31)35-27-8-12-28(19-27)46(35)38(47)48/h9-11,13-15,17-18,20-21,27-28,34-35H,4-8,12,16,19H2,1-3H3,(H,41,44)(H,42,43)(H,47,48)/t27?,28?,34-,35-/m0/s1. The van der Waals surface area contributed by atoms with Crippen LogP contribution < -0.4 is 0 Å². The first-order valence-corrected chi connectivity index (χ1v) is 17.9. The van der Waals surface area contributed by atoms with Crippen LogP contribution in [0, 0.1) is 5.92 Å². The van der Waals surface area contributed by atoms with Crippen LogP contribution in [-0.4, -0.2) is 65.2 Å². The van der Waals surface area contributed by atoms with Gasteiger partial charge in [0.05, 0.1) is 35.0 Å². The molecule has 2 aromatic heterocycles. The van der Waals surface area contributed by atoms with Crippen molar-refractivity contribution in [2.45, 2.75) is 89.4 Å². The summed E-state index contributed by atoms with van der Waals surface area (Å²) < 4.78 is 5.66. The number of hydrogen-bond donors (Lipinski definition) is 3. The highest BCUT2D eigenvalue weighted by molar-refractivity contribution is 5.84. The number of imidazole rings is 2. The third kappa shape index (κ3) is 5.23. The number of fused-ring (bicyclic) bond motifs is 6. The fraction of sp³-hybridized carbons (Fsp3) is 0.400. The Morgan fingerprint density at radius 2 is 1.60 bits per heavy atom. The number of benzene rings is 3. The molecule has 256 valence electrons. The van der Waals surface area contributed by atoms with Crippen molar-refractivity contribution in [3.63, 3.8) is 0 Å². The number of aryl methyl sites for hydroxylation is 2. The van der Waals surface area contributed by atoms with Crippen LogP contribution >= 0.6 is 0 Å². The van der Waals surface area contributed by atoms with Gasteiger partial charge in [-0.3, -0.25) is 9.80 Å². The fourth-order valence-electron chi connectivity index (χ4n) is 8.95. The Hall–Kier alpha value is -5.12. The molecule has 4 aliphatic rings. The van der Waals surface area contributed by atoms with E-state index in [1.54, 1.807) is 9.80 Å². The number of ether oxygens (including phenoxy) is 1. The van der Waals surface area contributed by atoms with Gasteiger partial charge in [0, 0.05) is 12.6 Å². The second kappa shape index (κ2) is 11.5. The second-order valence-corrected chi connectivity index (χ2v) is 15.5. The normalized spacial score (nSPS) is 22.6. The Balaban J connectivity index is 0.945. The van der Waals surface area contributed by atoms with E-state index in [0.717, 1.165) is 90.0 Å². The maximum absolute atomic E-state index is 12.9. The van der Waals surface area contributed by atoms with Crippen molar-refractivity contribution in [3.05, 3.63) is 83.6 Å². The van der Waals surface area contributed by atoms with Gasteiger partial charge in [-0.15, -0.1) is 0 Å². The molecule has 1 saturated carbocycles. The summed E-state index contributed by atoms with van der Waals surface area (Å²) in [6.07, 6.45) is 7.36. The van der Waals surface area contributed by atoms with Crippen molar-refractivity contribution in [1.82, 2.24) is 29.7 Å². The van der Waals surface area contributed by atoms with Crippen LogP contribution in [0.15, 0.2) is 60.8 Å². The van der Waals surface area contributed by atoms with Gasteiger partial charge in [0.15, 0.2) is 0 Å². The van der Waals surface area contributed by atoms with E-state index in [4.69, 9.17) is 14.7 Å². The van der Waals surface area contributed by atoms with Gasteiger partial charge >= 0.3 is 12.2 Å². The zero-order chi connectivity index (χ0) is 34.3. The lowest BCUT2D eigenvalue weighted by Crippen LogP contribution is -2.39. The third-order valence-electron chi connectivity index (χ3n) is 11.2. The predicted molar refractivity (Wildman–Crippen MR) is 191 cm³/mol. The Bertz CT molecular complexity index is 2160. The van der Waals surface area contributed by atoms with Crippen LogP contribution in [0.25, 0.3) is 44.5 Å². The molecular formula is C40H42N6O4. The van der Waals surface area contributed by atoms with E-state index >= 15 is 0 Å². The molecule has 5 aromatic rings. The highest BCUT2D eigenvalue weighted by atomic mass is 16.6. The highest BCUT2D eigenvalue weighted by Crippen LogP contribution is 2.50. The molecule has 4 atom stereocenters. The zero-order valence-corrected chi connectivity index (χ0v) is 28.7. The van der Waals surface area contributed by atoms with Crippen molar-refractivity contribution >= 4 is 23.2 Å². The first-order chi connectivity index (χ1) is 24.1. The van der Waals surface area contributed by atoms with E-state index in [-0.39, 0.29) is 24.2 Å². The molecule has 9 rings (SSSR count). The molecule has 0 radical (unpaired) electrons. The van der Waals surface area contributed by atoms with Gasteiger partial charge in [0.2, 0.25) is 0 Å². The number of aromatic nitrogens is 4. The number of nitrogens with one attached hydrogen (secondary N) is 2. The minimum atomic E-state index is -0.849. The number of rotatable bonds is 4. The van der Waals surface area contributed by atoms with E-state index in [1.807, 2.05) is 33.0 Å². The third-order valence-corrected chi connectivity index (χ3v) is 11.2. The molecule has 2 unspecified atom stereocenters. The molecule has 2 aliphatic carbocycles. The number of H-pyrrole nitrogens is 2. The number of amides is 2. The van der Waals surface area contributed by atoms with Gasteiger partial charge in [0.25, 0.3) is 0 Å². The molecule has 0 spiro atoms. The number of hydrogen-bond acceptors (Lipinski definition) is 5. The smallest absolute Gasteiger partial charge is 0.410 e. The summed E-state index contributed by atoms with van der Waals surface area (Å²) >= 11 is 0. The van der Waals surface area contributed by atoms with Gasteiger partial charge in [-0.2, -0.15) is 0 Å². The van der Waals surface area contributed by atoms with Gasteiger partial charge in [0.1, 0.15) is 17.2 Å². The lowest BCUT2D eigenvalue weighted by atomic mass is 9.83. The van der Waals surface area contributed by atoms with E-state index in [9.17, 15) is 14.7 Å². The molecule has 2 aliphatic heterocycles. The molecule has 10 nitrogen and oxygen atoms in total. The zero-order valence-electron chi connectivity index (χ0n) is 28.7. The summed E-state index contributed by atoms with van der Waals surface area (Å²) in [6, 6.07) is 19.5. The number of carboxylic acid groups (broad SMARTS) is 1. The molecule has 50 heavy (non-hydrogen) atoms. The molecule has 10 heteroatoms. The average molecular weight is 671 g/mol. The van der Waals surface area contributed by atoms with Crippen molar-refractivity contribution in [2.24, 2.45) is 5.92 Å². The van der Waals surface area contributed by atoms with Crippen LogP contribution in [0.1, 0.15) is 87.7 Å². The summed E-state index contributed by atoms with van der Waals surface area (Å²) in [7, 11) is 0. The van der Waals surface area contributed by atoms with Crippen LogP contribution in [0.4, 0.5) is 9.59 Å². The quantitative estimate of drug-likeness (QED) is 0.176. The molecule has 3 N–H and O–H groups in total. The number of piperidine rings is 1. The number of carbonyl (C=O) groups excluding carboxylic acids is 1. The van der Waals surface area contributed by atoms with E-state index in [0.29, 0.717) is 12.5 Å².